The monoisotopic (exact) mass is 380 g/mol. The van der Waals surface area contributed by atoms with Gasteiger partial charge in [-0.05, 0) is 42.5 Å². The SMILES string of the molecule is COC(=O)c1ccc(NC(=O)CSc2nccc(-c3ccccn3)n2)cc1. The summed E-state index contributed by atoms with van der Waals surface area (Å²) >= 11 is 1.23. The number of pyridine rings is 1. The van der Waals surface area contributed by atoms with E-state index in [1.165, 1.54) is 18.9 Å². The van der Waals surface area contributed by atoms with Crippen LogP contribution >= 0.6 is 11.8 Å². The molecule has 0 aliphatic rings. The number of carbonyl (C=O) groups is 2. The number of carbonyl (C=O) groups excluding carboxylic acids is 2. The predicted octanol–water partition coefficient (Wildman–Crippen LogP) is 3.06. The van der Waals surface area contributed by atoms with Crippen molar-refractivity contribution in [3.63, 3.8) is 0 Å². The summed E-state index contributed by atoms with van der Waals surface area (Å²) in [7, 11) is 1.32. The summed E-state index contributed by atoms with van der Waals surface area (Å²) in [5.74, 6) is -0.462. The first-order chi connectivity index (χ1) is 13.2. The smallest absolute Gasteiger partial charge is 0.337 e. The second kappa shape index (κ2) is 8.91. The van der Waals surface area contributed by atoms with Crippen LogP contribution in [0.3, 0.4) is 0 Å². The largest absolute Gasteiger partial charge is 0.465 e. The molecule has 2 heterocycles. The number of amides is 1. The molecule has 0 aliphatic heterocycles. The quantitative estimate of drug-likeness (QED) is 0.399. The highest BCUT2D eigenvalue weighted by Crippen LogP contribution is 2.18. The van der Waals surface area contributed by atoms with Crippen LogP contribution < -0.4 is 5.32 Å². The Hall–Kier alpha value is -3.26. The van der Waals surface area contributed by atoms with Crippen LogP contribution in [0.25, 0.3) is 11.4 Å². The number of nitrogens with one attached hydrogen (secondary N) is 1. The molecule has 0 fully saturated rings. The first-order valence-corrected chi connectivity index (χ1v) is 9.00. The molecular weight excluding hydrogens is 364 g/mol. The number of hydrogen-bond acceptors (Lipinski definition) is 7. The lowest BCUT2D eigenvalue weighted by atomic mass is 10.2. The molecule has 136 valence electrons. The number of hydrogen-bond donors (Lipinski definition) is 1. The number of aromatic nitrogens is 3. The molecule has 0 aliphatic carbocycles. The van der Waals surface area contributed by atoms with Crippen LogP contribution in [0.15, 0.2) is 66.1 Å². The normalized spacial score (nSPS) is 10.3. The van der Waals surface area contributed by atoms with Crippen LogP contribution in [-0.4, -0.2) is 39.7 Å². The van der Waals surface area contributed by atoms with Crippen LogP contribution in [0.4, 0.5) is 5.69 Å². The molecule has 8 heteroatoms. The summed E-state index contributed by atoms with van der Waals surface area (Å²) in [5.41, 5.74) is 2.46. The molecule has 1 aromatic carbocycles. The van der Waals surface area contributed by atoms with Crippen molar-refractivity contribution in [3.8, 4) is 11.4 Å². The van der Waals surface area contributed by atoms with Crippen molar-refractivity contribution in [2.24, 2.45) is 0 Å². The summed E-state index contributed by atoms with van der Waals surface area (Å²) < 4.78 is 4.64. The molecule has 1 amide bonds. The van der Waals surface area contributed by atoms with Crippen LogP contribution in [0.2, 0.25) is 0 Å². The van der Waals surface area contributed by atoms with Gasteiger partial charge in [-0.2, -0.15) is 0 Å². The highest BCUT2D eigenvalue weighted by molar-refractivity contribution is 7.99. The zero-order chi connectivity index (χ0) is 19.1. The average molecular weight is 380 g/mol. The van der Waals surface area contributed by atoms with E-state index in [0.29, 0.717) is 22.1 Å². The average Bonchev–Trinajstić information content (AvgIpc) is 2.73. The van der Waals surface area contributed by atoms with Crippen molar-refractivity contribution in [1.29, 1.82) is 0 Å². The summed E-state index contributed by atoms with van der Waals surface area (Å²) in [6.07, 6.45) is 3.34. The summed E-state index contributed by atoms with van der Waals surface area (Å²) in [6.45, 7) is 0. The number of methoxy groups -OCH3 is 1. The standard InChI is InChI=1S/C19H16N4O3S/c1-26-18(25)13-5-7-14(8-6-13)22-17(24)12-27-19-21-11-9-16(23-19)15-4-2-3-10-20-15/h2-11H,12H2,1H3,(H,22,24). The number of anilines is 1. The Morgan fingerprint density at radius 2 is 1.81 bits per heavy atom. The molecule has 1 N–H and O–H groups in total. The molecule has 2 aromatic heterocycles. The fourth-order valence-electron chi connectivity index (χ4n) is 2.20. The molecule has 0 atom stereocenters. The lowest BCUT2D eigenvalue weighted by molar-refractivity contribution is -0.113. The zero-order valence-corrected chi connectivity index (χ0v) is 15.3. The molecule has 0 spiro atoms. The molecule has 7 nitrogen and oxygen atoms in total. The third-order valence-corrected chi connectivity index (χ3v) is 4.34. The minimum atomic E-state index is -0.423. The second-order valence-corrected chi connectivity index (χ2v) is 6.29. The van der Waals surface area contributed by atoms with E-state index in [1.54, 1.807) is 42.7 Å². The highest BCUT2D eigenvalue weighted by Gasteiger charge is 2.09. The first kappa shape index (κ1) is 18.5. The van der Waals surface area contributed by atoms with Gasteiger partial charge < -0.3 is 10.1 Å². The van der Waals surface area contributed by atoms with Crippen LogP contribution in [0.5, 0.6) is 0 Å². The van der Waals surface area contributed by atoms with Gasteiger partial charge >= 0.3 is 5.97 Å². The van der Waals surface area contributed by atoms with Gasteiger partial charge in [-0.25, -0.2) is 14.8 Å². The van der Waals surface area contributed by atoms with Gasteiger partial charge in [-0.3, -0.25) is 9.78 Å². The highest BCUT2D eigenvalue weighted by atomic mass is 32.2. The summed E-state index contributed by atoms with van der Waals surface area (Å²) in [6, 6.07) is 13.8. The van der Waals surface area contributed by atoms with Crippen molar-refractivity contribution in [3.05, 3.63) is 66.5 Å². The third kappa shape index (κ3) is 5.11. The zero-order valence-electron chi connectivity index (χ0n) is 14.5. The number of rotatable bonds is 6. The van der Waals surface area contributed by atoms with E-state index in [9.17, 15) is 9.59 Å². The summed E-state index contributed by atoms with van der Waals surface area (Å²) in [5, 5.41) is 3.26. The molecule has 0 bridgehead atoms. The molecule has 0 saturated carbocycles. The van der Waals surface area contributed by atoms with Gasteiger partial charge in [0.1, 0.15) is 0 Å². The maximum absolute atomic E-state index is 12.1. The van der Waals surface area contributed by atoms with Gasteiger partial charge in [0.25, 0.3) is 0 Å². The van der Waals surface area contributed by atoms with Crippen molar-refractivity contribution in [2.75, 3.05) is 18.2 Å². The molecule has 27 heavy (non-hydrogen) atoms. The van der Waals surface area contributed by atoms with Gasteiger partial charge in [0.15, 0.2) is 5.16 Å². The lowest BCUT2D eigenvalue weighted by Gasteiger charge is -2.06. The molecule has 3 rings (SSSR count). The van der Waals surface area contributed by atoms with E-state index in [1.807, 2.05) is 18.2 Å². The minimum Gasteiger partial charge on any atom is -0.465 e. The molecular formula is C19H16N4O3S. The minimum absolute atomic E-state index is 0.157. The van der Waals surface area contributed by atoms with Gasteiger partial charge in [-0.1, -0.05) is 17.8 Å². The molecule has 0 unspecified atom stereocenters. The van der Waals surface area contributed by atoms with Crippen LogP contribution in [-0.2, 0) is 9.53 Å². The Kier molecular flexibility index (Phi) is 6.11. The Bertz CT molecular complexity index is 933. The Labute approximate surface area is 160 Å². The second-order valence-electron chi connectivity index (χ2n) is 5.35. The maximum atomic E-state index is 12.1. The number of ether oxygens (including phenoxy) is 1. The van der Waals surface area contributed by atoms with E-state index < -0.39 is 5.97 Å². The van der Waals surface area contributed by atoms with Crippen LogP contribution in [0, 0.1) is 0 Å². The Morgan fingerprint density at radius 3 is 2.52 bits per heavy atom. The number of benzene rings is 1. The molecule has 3 aromatic rings. The van der Waals surface area contributed by atoms with Crippen LogP contribution in [0.1, 0.15) is 10.4 Å². The summed E-state index contributed by atoms with van der Waals surface area (Å²) in [4.78, 5) is 36.4. The van der Waals surface area contributed by atoms with E-state index in [-0.39, 0.29) is 11.7 Å². The number of thioether (sulfide) groups is 1. The maximum Gasteiger partial charge on any atom is 0.337 e. The predicted molar refractivity (Wildman–Crippen MR) is 102 cm³/mol. The Balaban J connectivity index is 1.57. The topological polar surface area (TPSA) is 94.1 Å². The van der Waals surface area contributed by atoms with Gasteiger partial charge in [0.05, 0.1) is 29.8 Å². The van der Waals surface area contributed by atoms with Gasteiger partial charge in [-0.15, -0.1) is 0 Å². The Morgan fingerprint density at radius 1 is 1.00 bits per heavy atom. The first-order valence-electron chi connectivity index (χ1n) is 8.01. The van der Waals surface area contributed by atoms with Crippen molar-refractivity contribution in [1.82, 2.24) is 15.0 Å². The van der Waals surface area contributed by atoms with Crippen molar-refractivity contribution >= 4 is 29.3 Å². The van der Waals surface area contributed by atoms with E-state index in [2.05, 4.69) is 25.0 Å². The van der Waals surface area contributed by atoms with Gasteiger partial charge in [0.2, 0.25) is 5.91 Å². The molecule has 0 radical (unpaired) electrons. The van der Waals surface area contributed by atoms with Gasteiger partial charge in [0, 0.05) is 18.1 Å². The van der Waals surface area contributed by atoms with E-state index in [4.69, 9.17) is 0 Å². The lowest BCUT2D eigenvalue weighted by Crippen LogP contribution is -2.14. The van der Waals surface area contributed by atoms with E-state index in [0.717, 1.165) is 5.69 Å². The number of esters is 1. The fourth-order valence-corrected chi connectivity index (χ4v) is 2.83. The van der Waals surface area contributed by atoms with Crippen molar-refractivity contribution in [2.45, 2.75) is 5.16 Å². The third-order valence-electron chi connectivity index (χ3n) is 3.48. The van der Waals surface area contributed by atoms with Crippen molar-refractivity contribution < 1.29 is 14.3 Å². The molecule has 0 saturated heterocycles. The number of nitrogens with zero attached hydrogens (tertiary/aromatic N) is 3. The fraction of sp³-hybridized carbons (Fsp3) is 0.105. The van der Waals surface area contributed by atoms with E-state index >= 15 is 0 Å².